The molecule has 0 aliphatic carbocycles. The third-order valence-electron chi connectivity index (χ3n) is 11.1. The number of benzene rings is 7. The molecule has 1 nitrogen and oxygen atoms in total. The fourth-order valence-corrected chi connectivity index (χ4v) is 8.02. The molecule has 0 aliphatic heterocycles. The molecule has 260 valence electrons. The minimum atomic E-state index is 0.134. The van der Waals surface area contributed by atoms with E-state index in [9.17, 15) is 0 Å². The summed E-state index contributed by atoms with van der Waals surface area (Å²) in [7, 11) is 0. The lowest BCUT2D eigenvalue weighted by atomic mass is 9.82. The minimum absolute atomic E-state index is 0.134. The van der Waals surface area contributed by atoms with Crippen molar-refractivity contribution in [2.75, 3.05) is 0 Å². The van der Waals surface area contributed by atoms with Crippen molar-refractivity contribution in [1.29, 1.82) is 0 Å². The highest BCUT2D eigenvalue weighted by molar-refractivity contribution is 6.08. The zero-order chi connectivity index (χ0) is 36.5. The second-order valence-electron chi connectivity index (χ2n) is 16.9. The average Bonchev–Trinajstić information content (AvgIpc) is 3.49. The van der Waals surface area contributed by atoms with Crippen molar-refractivity contribution in [2.24, 2.45) is 0 Å². The van der Waals surface area contributed by atoms with E-state index in [4.69, 9.17) is 4.42 Å². The van der Waals surface area contributed by atoms with Crippen LogP contribution in [0.3, 0.4) is 0 Å². The molecule has 1 heterocycles. The molecular formula is C51H50O. The Morgan fingerprint density at radius 3 is 1.37 bits per heavy atom. The Labute approximate surface area is 309 Å². The number of furan rings is 1. The number of hydrogen-bond donors (Lipinski definition) is 0. The lowest BCUT2D eigenvalue weighted by Crippen LogP contribution is -2.10. The van der Waals surface area contributed by atoms with Crippen molar-refractivity contribution >= 4 is 43.5 Å². The molecule has 0 unspecified atom stereocenters. The van der Waals surface area contributed by atoms with Crippen LogP contribution in [-0.2, 0) is 5.41 Å². The Bertz CT molecular complexity index is 2620. The number of fused-ring (bicyclic) bond motifs is 5. The predicted octanol–water partition coefficient (Wildman–Crippen LogP) is 15.6. The van der Waals surface area contributed by atoms with Crippen LogP contribution in [0, 0.1) is 0 Å². The van der Waals surface area contributed by atoms with Gasteiger partial charge >= 0.3 is 0 Å². The Kier molecular flexibility index (Phi) is 8.37. The Morgan fingerprint density at radius 1 is 0.385 bits per heavy atom. The van der Waals surface area contributed by atoms with Crippen LogP contribution in [0.4, 0.5) is 0 Å². The molecule has 0 fully saturated rings. The van der Waals surface area contributed by atoms with Crippen molar-refractivity contribution in [1.82, 2.24) is 0 Å². The zero-order valence-corrected chi connectivity index (χ0v) is 32.2. The lowest BCUT2D eigenvalue weighted by Gasteiger charge is -2.23. The van der Waals surface area contributed by atoms with Crippen molar-refractivity contribution in [2.45, 2.75) is 85.5 Å². The van der Waals surface area contributed by atoms with Crippen molar-refractivity contribution in [3.63, 3.8) is 0 Å². The van der Waals surface area contributed by atoms with Crippen LogP contribution in [0.25, 0.3) is 76.9 Å². The van der Waals surface area contributed by atoms with E-state index in [-0.39, 0.29) is 5.41 Å². The van der Waals surface area contributed by atoms with Crippen LogP contribution in [0.2, 0.25) is 0 Å². The van der Waals surface area contributed by atoms with E-state index in [0.717, 1.165) is 21.9 Å². The van der Waals surface area contributed by atoms with Gasteiger partial charge in [-0.1, -0.05) is 135 Å². The van der Waals surface area contributed by atoms with Gasteiger partial charge in [0.2, 0.25) is 0 Å². The molecule has 1 heteroatoms. The van der Waals surface area contributed by atoms with Gasteiger partial charge in [-0.3, -0.25) is 0 Å². The van der Waals surface area contributed by atoms with E-state index in [0.29, 0.717) is 17.8 Å². The third kappa shape index (κ3) is 6.11. The SMILES string of the molecule is CC(C)c1cc(C(C)C)c(C(C)C)cc1-c1ccc2cc3cc(-c4ccc5oc6ccc(-c7ccc(C(C)(C)C)cc7)cc6c5c4)ccc3cc2c1. The maximum Gasteiger partial charge on any atom is 0.135 e. The van der Waals surface area contributed by atoms with Gasteiger partial charge in [-0.15, -0.1) is 0 Å². The number of rotatable bonds is 6. The Balaban J connectivity index is 1.16. The fraction of sp³-hybridized carbons (Fsp3) is 0.255. The maximum absolute atomic E-state index is 6.31. The molecule has 0 atom stereocenters. The molecule has 8 rings (SSSR count). The van der Waals surface area contributed by atoms with Crippen molar-refractivity contribution in [3.8, 4) is 33.4 Å². The summed E-state index contributed by atoms with van der Waals surface area (Å²) in [6.45, 7) is 20.7. The first-order valence-electron chi connectivity index (χ1n) is 19.1. The summed E-state index contributed by atoms with van der Waals surface area (Å²) in [4.78, 5) is 0. The van der Waals surface area contributed by atoms with Crippen LogP contribution >= 0.6 is 0 Å². The summed E-state index contributed by atoms with van der Waals surface area (Å²) in [6.07, 6.45) is 0. The first kappa shape index (κ1) is 34.0. The molecule has 0 aliphatic rings. The second kappa shape index (κ2) is 12.8. The minimum Gasteiger partial charge on any atom is -0.456 e. The monoisotopic (exact) mass is 678 g/mol. The van der Waals surface area contributed by atoms with Gasteiger partial charge in [0, 0.05) is 10.8 Å². The summed E-state index contributed by atoms with van der Waals surface area (Å²) in [6, 6.07) is 45.8. The van der Waals surface area contributed by atoms with Crippen LogP contribution in [-0.4, -0.2) is 0 Å². The molecular weight excluding hydrogens is 629 g/mol. The van der Waals surface area contributed by atoms with E-state index < -0.39 is 0 Å². The second-order valence-corrected chi connectivity index (χ2v) is 16.9. The Hall–Kier alpha value is -5.14. The normalized spacial score (nSPS) is 12.5. The molecule has 0 bridgehead atoms. The predicted molar refractivity (Wildman–Crippen MR) is 226 cm³/mol. The van der Waals surface area contributed by atoms with E-state index in [2.05, 4.69) is 184 Å². The van der Waals surface area contributed by atoms with Gasteiger partial charge in [-0.05, 0) is 149 Å². The van der Waals surface area contributed by atoms with Gasteiger partial charge in [0.15, 0.2) is 0 Å². The quantitative estimate of drug-likeness (QED) is 0.160. The van der Waals surface area contributed by atoms with Gasteiger partial charge in [0.25, 0.3) is 0 Å². The van der Waals surface area contributed by atoms with E-state index in [1.807, 2.05) is 0 Å². The molecule has 1 aromatic heterocycles. The van der Waals surface area contributed by atoms with Crippen molar-refractivity contribution < 1.29 is 4.42 Å². The van der Waals surface area contributed by atoms with Crippen LogP contribution in [0.1, 0.15) is 102 Å². The van der Waals surface area contributed by atoms with Crippen LogP contribution in [0.5, 0.6) is 0 Å². The highest BCUT2D eigenvalue weighted by Crippen LogP contribution is 2.40. The van der Waals surface area contributed by atoms with Gasteiger partial charge < -0.3 is 4.42 Å². The zero-order valence-electron chi connectivity index (χ0n) is 32.2. The molecule has 0 spiro atoms. The van der Waals surface area contributed by atoms with E-state index in [1.165, 1.54) is 77.2 Å². The largest absolute Gasteiger partial charge is 0.456 e. The Morgan fingerprint density at radius 2 is 0.827 bits per heavy atom. The van der Waals surface area contributed by atoms with E-state index >= 15 is 0 Å². The molecule has 0 amide bonds. The summed E-state index contributed by atoms with van der Waals surface area (Å²) in [5.41, 5.74) is 15.2. The molecule has 0 saturated carbocycles. The average molecular weight is 679 g/mol. The highest BCUT2D eigenvalue weighted by atomic mass is 16.3. The lowest BCUT2D eigenvalue weighted by molar-refractivity contribution is 0.590. The van der Waals surface area contributed by atoms with E-state index in [1.54, 1.807) is 0 Å². The maximum atomic E-state index is 6.31. The van der Waals surface area contributed by atoms with Gasteiger partial charge in [-0.2, -0.15) is 0 Å². The van der Waals surface area contributed by atoms with Crippen LogP contribution < -0.4 is 0 Å². The van der Waals surface area contributed by atoms with Gasteiger partial charge in [0.1, 0.15) is 11.2 Å². The summed E-state index contributed by atoms with van der Waals surface area (Å²) in [5.74, 6) is 1.44. The fourth-order valence-electron chi connectivity index (χ4n) is 8.02. The third-order valence-corrected chi connectivity index (χ3v) is 11.1. The summed E-state index contributed by atoms with van der Waals surface area (Å²) in [5, 5.41) is 7.35. The van der Waals surface area contributed by atoms with Gasteiger partial charge in [-0.25, -0.2) is 0 Å². The summed E-state index contributed by atoms with van der Waals surface area (Å²) < 4.78 is 6.31. The molecule has 52 heavy (non-hydrogen) atoms. The molecule has 0 N–H and O–H groups in total. The molecule has 8 aromatic rings. The molecule has 0 saturated heterocycles. The molecule has 7 aromatic carbocycles. The topological polar surface area (TPSA) is 13.1 Å². The molecule has 0 radical (unpaired) electrons. The highest BCUT2D eigenvalue weighted by Gasteiger charge is 2.19. The first-order chi connectivity index (χ1) is 24.8. The standard InChI is InChI=1S/C51H50O/c1-30(2)43-28-45(32(5)6)46(29-44(43)31(3)4)39-13-12-36-23-40-22-34(10-11-35(40)24-41(36)25-39)38-17-21-50-48(27-38)47-26-37(16-20-49(47)52-50)33-14-18-42(19-15-33)51(7,8)9/h10-32H,1-9H3. The number of hydrogen-bond acceptors (Lipinski definition) is 1. The van der Waals surface area contributed by atoms with Gasteiger partial charge in [0.05, 0.1) is 0 Å². The van der Waals surface area contributed by atoms with Crippen LogP contribution in [0.15, 0.2) is 126 Å². The van der Waals surface area contributed by atoms with Crippen molar-refractivity contribution in [3.05, 3.63) is 144 Å². The smallest absolute Gasteiger partial charge is 0.135 e. The first-order valence-corrected chi connectivity index (χ1v) is 19.1. The summed E-state index contributed by atoms with van der Waals surface area (Å²) >= 11 is 0.